The van der Waals surface area contributed by atoms with E-state index in [0.29, 0.717) is 28.2 Å². The molecule has 2 aliphatic rings. The van der Waals surface area contributed by atoms with E-state index in [1.54, 1.807) is 12.3 Å². The summed E-state index contributed by atoms with van der Waals surface area (Å²) in [5.41, 5.74) is 0.567. The highest BCUT2D eigenvalue weighted by Crippen LogP contribution is 2.38. The van der Waals surface area contributed by atoms with Crippen molar-refractivity contribution in [2.45, 2.75) is 26.2 Å². The number of carbonyl (C=O) groups is 1. The fourth-order valence-electron chi connectivity index (χ4n) is 3.45. The van der Waals surface area contributed by atoms with E-state index in [-0.39, 0.29) is 5.91 Å². The zero-order valence-corrected chi connectivity index (χ0v) is 12.5. The monoisotopic (exact) mass is 293 g/mol. The van der Waals surface area contributed by atoms with Gasteiger partial charge in [0.05, 0.1) is 10.6 Å². The third-order valence-corrected chi connectivity index (χ3v) is 4.76. The lowest BCUT2D eigenvalue weighted by molar-refractivity contribution is 0.0781. The molecule has 2 atom stereocenters. The molecule has 1 aromatic rings. The summed E-state index contributed by atoms with van der Waals surface area (Å²) in [6.07, 6.45) is 5.41. The summed E-state index contributed by atoms with van der Waals surface area (Å²) in [4.78, 5) is 18.8. The van der Waals surface area contributed by atoms with E-state index in [2.05, 4.69) is 10.3 Å². The van der Waals surface area contributed by atoms with E-state index in [9.17, 15) is 4.79 Å². The van der Waals surface area contributed by atoms with Crippen LogP contribution in [-0.2, 0) is 0 Å². The van der Waals surface area contributed by atoms with Crippen LogP contribution in [0.2, 0.25) is 5.02 Å². The molecule has 1 amide bonds. The highest BCUT2D eigenvalue weighted by molar-refractivity contribution is 6.33. The lowest BCUT2D eigenvalue weighted by Crippen LogP contribution is -2.29. The Labute approximate surface area is 124 Å². The van der Waals surface area contributed by atoms with Gasteiger partial charge in [-0.2, -0.15) is 0 Å². The number of carbonyl (C=O) groups excluding carboxylic acids is 1. The van der Waals surface area contributed by atoms with Crippen molar-refractivity contribution in [2.75, 3.05) is 25.0 Å². The average Bonchev–Trinajstić information content (AvgIpc) is 3.01. The first-order valence-corrected chi connectivity index (χ1v) is 7.75. The van der Waals surface area contributed by atoms with Crippen LogP contribution in [-0.4, -0.2) is 35.4 Å². The molecular formula is C15H20ClN3O. The second kappa shape index (κ2) is 5.60. The molecule has 0 spiro atoms. The number of nitrogens with zero attached hydrogens (tertiary/aromatic N) is 2. The molecule has 1 N–H and O–H groups in total. The van der Waals surface area contributed by atoms with Gasteiger partial charge in [-0.3, -0.25) is 4.79 Å². The molecule has 1 saturated carbocycles. The molecule has 1 aliphatic carbocycles. The maximum atomic E-state index is 12.6. The molecule has 5 heteroatoms. The van der Waals surface area contributed by atoms with Crippen LogP contribution in [0.5, 0.6) is 0 Å². The van der Waals surface area contributed by atoms with E-state index in [1.807, 2.05) is 11.8 Å². The molecule has 0 aromatic carbocycles. The Morgan fingerprint density at radius 2 is 2.15 bits per heavy atom. The van der Waals surface area contributed by atoms with Gasteiger partial charge in [0, 0.05) is 25.8 Å². The van der Waals surface area contributed by atoms with Gasteiger partial charge < -0.3 is 10.2 Å². The van der Waals surface area contributed by atoms with Crippen molar-refractivity contribution < 1.29 is 4.79 Å². The highest BCUT2D eigenvalue weighted by Gasteiger charge is 2.38. The Bertz CT molecular complexity index is 508. The van der Waals surface area contributed by atoms with Gasteiger partial charge in [0.15, 0.2) is 0 Å². The minimum Gasteiger partial charge on any atom is -0.370 e. The van der Waals surface area contributed by atoms with Crippen LogP contribution >= 0.6 is 11.6 Å². The number of hydrogen-bond acceptors (Lipinski definition) is 3. The number of anilines is 1. The fourth-order valence-corrected chi connectivity index (χ4v) is 3.64. The van der Waals surface area contributed by atoms with Crippen molar-refractivity contribution in [3.63, 3.8) is 0 Å². The van der Waals surface area contributed by atoms with Gasteiger partial charge in [-0.05, 0) is 37.7 Å². The molecule has 1 aromatic heterocycles. The SMILES string of the molecule is CCNc1cc(C(=O)N2CC3CCCC3C2)c(Cl)cn1. The zero-order chi connectivity index (χ0) is 14.1. The summed E-state index contributed by atoms with van der Waals surface area (Å²) in [7, 11) is 0. The van der Waals surface area contributed by atoms with Gasteiger partial charge in [0.25, 0.3) is 5.91 Å². The maximum Gasteiger partial charge on any atom is 0.255 e. The van der Waals surface area contributed by atoms with Crippen LogP contribution in [0.3, 0.4) is 0 Å². The summed E-state index contributed by atoms with van der Waals surface area (Å²) in [5.74, 6) is 2.16. The third-order valence-electron chi connectivity index (χ3n) is 4.46. The Balaban J connectivity index is 1.78. The van der Waals surface area contributed by atoms with Crippen molar-refractivity contribution in [3.8, 4) is 0 Å². The Morgan fingerprint density at radius 3 is 2.80 bits per heavy atom. The second-order valence-electron chi connectivity index (χ2n) is 5.74. The van der Waals surface area contributed by atoms with E-state index in [4.69, 9.17) is 11.6 Å². The lowest BCUT2D eigenvalue weighted by atomic mass is 10.0. The fraction of sp³-hybridized carbons (Fsp3) is 0.600. The van der Waals surface area contributed by atoms with Crippen LogP contribution in [0.15, 0.2) is 12.3 Å². The number of nitrogens with one attached hydrogen (secondary N) is 1. The van der Waals surface area contributed by atoms with Gasteiger partial charge in [0.2, 0.25) is 0 Å². The molecule has 1 aliphatic heterocycles. The van der Waals surface area contributed by atoms with Crippen molar-refractivity contribution in [3.05, 3.63) is 22.8 Å². The maximum absolute atomic E-state index is 12.6. The van der Waals surface area contributed by atoms with Crippen molar-refractivity contribution in [1.29, 1.82) is 0 Å². The molecule has 2 heterocycles. The van der Waals surface area contributed by atoms with Gasteiger partial charge >= 0.3 is 0 Å². The number of pyridine rings is 1. The molecule has 3 rings (SSSR count). The topological polar surface area (TPSA) is 45.2 Å². The molecule has 1 saturated heterocycles. The Kier molecular flexibility index (Phi) is 3.83. The smallest absolute Gasteiger partial charge is 0.255 e. The standard InChI is InChI=1S/C15H20ClN3O/c1-2-17-14-6-12(13(16)7-18-14)15(20)19-8-10-4-3-5-11(10)9-19/h6-7,10-11H,2-5,8-9H2,1H3,(H,17,18). The lowest BCUT2D eigenvalue weighted by Gasteiger charge is -2.18. The van der Waals surface area contributed by atoms with E-state index in [1.165, 1.54) is 19.3 Å². The predicted molar refractivity (Wildman–Crippen MR) is 80.1 cm³/mol. The Hall–Kier alpha value is -1.29. The number of likely N-dealkylation sites (tertiary alicyclic amines) is 1. The van der Waals surface area contributed by atoms with Crippen LogP contribution in [0.25, 0.3) is 0 Å². The molecule has 0 radical (unpaired) electrons. The zero-order valence-electron chi connectivity index (χ0n) is 11.7. The van der Waals surface area contributed by atoms with E-state index < -0.39 is 0 Å². The quantitative estimate of drug-likeness (QED) is 0.932. The van der Waals surface area contributed by atoms with Gasteiger partial charge in [-0.25, -0.2) is 4.98 Å². The number of fused-ring (bicyclic) bond motifs is 1. The number of rotatable bonds is 3. The average molecular weight is 294 g/mol. The number of halogens is 1. The van der Waals surface area contributed by atoms with Gasteiger partial charge in [-0.1, -0.05) is 18.0 Å². The first-order valence-electron chi connectivity index (χ1n) is 7.37. The normalized spacial score (nSPS) is 24.8. The van der Waals surface area contributed by atoms with Crippen molar-refractivity contribution >= 4 is 23.3 Å². The van der Waals surface area contributed by atoms with Crippen molar-refractivity contribution in [1.82, 2.24) is 9.88 Å². The van der Waals surface area contributed by atoms with Crippen molar-refractivity contribution in [2.24, 2.45) is 11.8 Å². The van der Waals surface area contributed by atoms with E-state index in [0.717, 1.165) is 19.6 Å². The summed E-state index contributed by atoms with van der Waals surface area (Å²) in [6, 6.07) is 1.77. The van der Waals surface area contributed by atoms with Crippen LogP contribution < -0.4 is 5.32 Å². The minimum atomic E-state index is 0.0472. The number of aromatic nitrogens is 1. The van der Waals surface area contributed by atoms with Gasteiger partial charge in [0.1, 0.15) is 5.82 Å². The van der Waals surface area contributed by atoms with Gasteiger partial charge in [-0.15, -0.1) is 0 Å². The number of hydrogen-bond donors (Lipinski definition) is 1. The number of amides is 1. The molecule has 20 heavy (non-hydrogen) atoms. The molecule has 0 bridgehead atoms. The molecular weight excluding hydrogens is 274 g/mol. The van der Waals surface area contributed by atoms with Crippen LogP contribution in [0, 0.1) is 11.8 Å². The molecule has 4 nitrogen and oxygen atoms in total. The first kappa shape index (κ1) is 13.7. The summed E-state index contributed by atoms with van der Waals surface area (Å²) >= 11 is 6.15. The molecule has 108 valence electrons. The highest BCUT2D eigenvalue weighted by atomic mass is 35.5. The Morgan fingerprint density at radius 1 is 1.45 bits per heavy atom. The first-order chi connectivity index (χ1) is 9.69. The minimum absolute atomic E-state index is 0.0472. The van der Waals surface area contributed by atoms with Crippen LogP contribution in [0.4, 0.5) is 5.82 Å². The summed E-state index contributed by atoms with van der Waals surface area (Å²) in [5, 5.41) is 3.56. The van der Waals surface area contributed by atoms with E-state index >= 15 is 0 Å². The summed E-state index contributed by atoms with van der Waals surface area (Å²) in [6.45, 7) is 4.55. The third kappa shape index (κ3) is 2.49. The molecule has 2 fully saturated rings. The predicted octanol–water partition coefficient (Wildman–Crippen LogP) is 3.04. The second-order valence-corrected chi connectivity index (χ2v) is 6.15. The van der Waals surface area contributed by atoms with Crippen LogP contribution in [0.1, 0.15) is 36.5 Å². The molecule has 2 unspecified atom stereocenters. The summed E-state index contributed by atoms with van der Waals surface area (Å²) < 4.78 is 0. The largest absolute Gasteiger partial charge is 0.370 e.